The fourth-order valence-electron chi connectivity index (χ4n) is 2.26. The highest BCUT2D eigenvalue weighted by Gasteiger charge is 2.41. The summed E-state index contributed by atoms with van der Waals surface area (Å²) < 4.78 is 25.8. The number of carboxylic acids is 1. The molecule has 0 aromatic rings. The van der Waals surface area contributed by atoms with Crippen molar-refractivity contribution in [1.82, 2.24) is 4.72 Å². The van der Waals surface area contributed by atoms with Crippen LogP contribution in [0.3, 0.4) is 0 Å². The van der Waals surface area contributed by atoms with Gasteiger partial charge in [-0.1, -0.05) is 26.7 Å². The summed E-state index contributed by atoms with van der Waals surface area (Å²) >= 11 is 0. The minimum Gasteiger partial charge on any atom is -0.481 e. The lowest BCUT2D eigenvalue weighted by molar-refractivity contribution is -0.148. The van der Waals surface area contributed by atoms with Crippen LogP contribution in [0, 0.1) is 11.3 Å². The minimum atomic E-state index is -3.35. The molecule has 2 N–H and O–H groups in total. The summed E-state index contributed by atoms with van der Waals surface area (Å²) in [5.41, 5.74) is -0.885. The van der Waals surface area contributed by atoms with E-state index in [0.29, 0.717) is 12.8 Å². The Labute approximate surface area is 103 Å². The van der Waals surface area contributed by atoms with E-state index in [1.54, 1.807) is 0 Å². The van der Waals surface area contributed by atoms with Crippen LogP contribution in [0.5, 0.6) is 0 Å². The van der Waals surface area contributed by atoms with Crippen LogP contribution in [-0.2, 0) is 14.8 Å². The van der Waals surface area contributed by atoms with E-state index in [-0.39, 0.29) is 18.2 Å². The standard InChI is InChI=1S/C11H21NO4S/c1-9(2)7-17(15,16)12-8-11(10(13)14)5-3-4-6-11/h9,12H,3-8H2,1-2H3,(H,13,14). The fourth-order valence-corrected chi connectivity index (χ4v) is 3.76. The summed E-state index contributed by atoms with van der Waals surface area (Å²) in [6.07, 6.45) is 2.84. The van der Waals surface area contributed by atoms with E-state index in [2.05, 4.69) is 4.72 Å². The molecular formula is C11H21NO4S. The molecule has 0 unspecified atom stereocenters. The summed E-state index contributed by atoms with van der Waals surface area (Å²) in [5, 5.41) is 9.21. The molecule has 100 valence electrons. The summed E-state index contributed by atoms with van der Waals surface area (Å²) in [6, 6.07) is 0. The zero-order chi connectivity index (χ0) is 13.1. The van der Waals surface area contributed by atoms with Gasteiger partial charge >= 0.3 is 5.97 Å². The lowest BCUT2D eigenvalue weighted by atomic mass is 9.87. The Hall–Kier alpha value is -0.620. The van der Waals surface area contributed by atoms with Crippen LogP contribution in [0.4, 0.5) is 0 Å². The Morgan fingerprint density at radius 2 is 1.88 bits per heavy atom. The largest absolute Gasteiger partial charge is 0.481 e. The molecule has 0 saturated heterocycles. The van der Waals surface area contributed by atoms with Gasteiger partial charge in [-0.3, -0.25) is 4.79 Å². The van der Waals surface area contributed by atoms with Crippen LogP contribution < -0.4 is 4.72 Å². The third-order valence-electron chi connectivity index (χ3n) is 3.20. The van der Waals surface area contributed by atoms with Gasteiger partial charge in [0.2, 0.25) is 10.0 Å². The van der Waals surface area contributed by atoms with Crippen molar-refractivity contribution in [3.8, 4) is 0 Å². The summed E-state index contributed by atoms with van der Waals surface area (Å²) in [6.45, 7) is 3.67. The van der Waals surface area contributed by atoms with E-state index < -0.39 is 21.4 Å². The van der Waals surface area contributed by atoms with E-state index in [1.807, 2.05) is 13.8 Å². The third-order valence-corrected chi connectivity index (χ3v) is 4.89. The van der Waals surface area contributed by atoms with Crippen LogP contribution in [-0.4, -0.2) is 31.8 Å². The number of sulfonamides is 1. The molecular weight excluding hydrogens is 242 g/mol. The highest BCUT2D eigenvalue weighted by Crippen LogP contribution is 2.37. The summed E-state index contributed by atoms with van der Waals surface area (Å²) in [4.78, 5) is 11.2. The number of hydrogen-bond acceptors (Lipinski definition) is 3. The molecule has 17 heavy (non-hydrogen) atoms. The van der Waals surface area contributed by atoms with E-state index >= 15 is 0 Å². The highest BCUT2D eigenvalue weighted by molar-refractivity contribution is 7.89. The highest BCUT2D eigenvalue weighted by atomic mass is 32.2. The molecule has 0 amide bonds. The van der Waals surface area contributed by atoms with Gasteiger partial charge in [0.25, 0.3) is 0 Å². The zero-order valence-electron chi connectivity index (χ0n) is 10.4. The molecule has 0 radical (unpaired) electrons. The third kappa shape index (κ3) is 3.96. The number of carbonyl (C=O) groups is 1. The first-order chi connectivity index (χ1) is 7.77. The topological polar surface area (TPSA) is 83.5 Å². The number of hydrogen-bond donors (Lipinski definition) is 2. The Kier molecular flexibility index (Phi) is 4.55. The van der Waals surface area contributed by atoms with Crippen molar-refractivity contribution >= 4 is 16.0 Å². The van der Waals surface area contributed by atoms with Crippen molar-refractivity contribution in [3.05, 3.63) is 0 Å². The molecule has 0 spiro atoms. The van der Waals surface area contributed by atoms with Crippen LogP contribution in [0.15, 0.2) is 0 Å². The van der Waals surface area contributed by atoms with Crippen LogP contribution in [0.25, 0.3) is 0 Å². The first kappa shape index (κ1) is 14.4. The van der Waals surface area contributed by atoms with Crippen molar-refractivity contribution in [2.45, 2.75) is 39.5 Å². The quantitative estimate of drug-likeness (QED) is 0.754. The van der Waals surface area contributed by atoms with Crippen molar-refractivity contribution in [3.63, 3.8) is 0 Å². The molecule has 0 aromatic heterocycles. The van der Waals surface area contributed by atoms with Crippen LogP contribution in [0.1, 0.15) is 39.5 Å². The van der Waals surface area contributed by atoms with Gasteiger partial charge < -0.3 is 5.11 Å². The van der Waals surface area contributed by atoms with E-state index in [4.69, 9.17) is 0 Å². The molecule has 0 aliphatic heterocycles. The predicted octanol–water partition coefficient (Wildman–Crippen LogP) is 1.21. The van der Waals surface area contributed by atoms with E-state index in [1.165, 1.54) is 0 Å². The van der Waals surface area contributed by atoms with Gasteiger partial charge in [-0.25, -0.2) is 13.1 Å². The molecule has 0 heterocycles. The Morgan fingerprint density at radius 1 is 1.35 bits per heavy atom. The van der Waals surface area contributed by atoms with Crippen molar-refractivity contribution < 1.29 is 18.3 Å². The van der Waals surface area contributed by atoms with Gasteiger partial charge in [0.1, 0.15) is 0 Å². The smallest absolute Gasteiger partial charge is 0.310 e. The van der Waals surface area contributed by atoms with Crippen molar-refractivity contribution in [2.24, 2.45) is 11.3 Å². The molecule has 1 fully saturated rings. The van der Waals surface area contributed by atoms with Gasteiger partial charge in [-0.15, -0.1) is 0 Å². The Morgan fingerprint density at radius 3 is 2.29 bits per heavy atom. The summed E-state index contributed by atoms with van der Waals surface area (Å²) in [5.74, 6) is -0.804. The van der Waals surface area contributed by atoms with E-state index in [9.17, 15) is 18.3 Å². The molecule has 6 heteroatoms. The van der Waals surface area contributed by atoms with Gasteiger partial charge in [-0.05, 0) is 18.8 Å². The molecule has 1 aliphatic rings. The SMILES string of the molecule is CC(C)CS(=O)(=O)NCC1(C(=O)O)CCCC1. The van der Waals surface area contributed by atoms with Crippen LogP contribution in [0.2, 0.25) is 0 Å². The maximum absolute atomic E-state index is 11.7. The minimum absolute atomic E-state index is 0.0252. The first-order valence-electron chi connectivity index (χ1n) is 5.98. The van der Waals surface area contributed by atoms with Gasteiger partial charge in [-0.2, -0.15) is 0 Å². The molecule has 5 nitrogen and oxygen atoms in total. The van der Waals surface area contributed by atoms with Crippen molar-refractivity contribution in [1.29, 1.82) is 0 Å². The van der Waals surface area contributed by atoms with Gasteiger partial charge in [0.05, 0.1) is 11.2 Å². The average molecular weight is 263 g/mol. The Bertz CT molecular complexity index is 369. The second-order valence-electron chi connectivity index (χ2n) is 5.29. The molecule has 1 rings (SSSR count). The molecule has 1 aliphatic carbocycles. The molecule has 0 aromatic carbocycles. The predicted molar refractivity (Wildman–Crippen MR) is 65.2 cm³/mol. The van der Waals surface area contributed by atoms with E-state index in [0.717, 1.165) is 12.8 Å². The maximum atomic E-state index is 11.7. The Balaban J connectivity index is 2.62. The number of nitrogens with one attached hydrogen (secondary N) is 1. The van der Waals surface area contributed by atoms with Crippen molar-refractivity contribution in [2.75, 3.05) is 12.3 Å². The van der Waals surface area contributed by atoms with Crippen LogP contribution >= 0.6 is 0 Å². The monoisotopic (exact) mass is 263 g/mol. The first-order valence-corrected chi connectivity index (χ1v) is 7.63. The number of rotatable bonds is 6. The number of aliphatic carboxylic acids is 1. The summed E-state index contributed by atoms with van der Waals surface area (Å²) in [7, 11) is -3.35. The molecule has 0 atom stereocenters. The normalized spacial score (nSPS) is 19.7. The van der Waals surface area contributed by atoms with Gasteiger partial charge in [0.15, 0.2) is 0 Å². The lowest BCUT2D eigenvalue weighted by Gasteiger charge is -2.24. The second-order valence-corrected chi connectivity index (χ2v) is 7.14. The van der Waals surface area contributed by atoms with Gasteiger partial charge in [0, 0.05) is 6.54 Å². The maximum Gasteiger partial charge on any atom is 0.310 e. The fraction of sp³-hybridized carbons (Fsp3) is 0.909. The molecule has 1 saturated carbocycles. The average Bonchev–Trinajstić information content (AvgIpc) is 2.62. The lowest BCUT2D eigenvalue weighted by Crippen LogP contribution is -2.42. The number of carboxylic acid groups (broad SMARTS) is 1. The zero-order valence-corrected chi connectivity index (χ0v) is 11.2. The molecule has 0 bridgehead atoms. The second kappa shape index (κ2) is 5.35.